The second kappa shape index (κ2) is 5.96. The number of ether oxygens (including phenoxy) is 1. The van der Waals surface area contributed by atoms with Gasteiger partial charge in [0, 0.05) is 6.61 Å². The number of benzene rings is 1. The Morgan fingerprint density at radius 3 is 2.93 bits per heavy atom. The average Bonchev–Trinajstić information content (AvgIpc) is 2.19. The standard InChI is InChI=1S/C10H13ClFNO/c11-10-8(3-1-4-9(10)12)7-14-6-2-5-13/h1,3-4H,2,5-7,13H2. The van der Waals surface area contributed by atoms with Gasteiger partial charge in [-0.2, -0.15) is 0 Å². The smallest absolute Gasteiger partial charge is 0.142 e. The van der Waals surface area contributed by atoms with Crippen LogP contribution < -0.4 is 5.73 Å². The summed E-state index contributed by atoms with van der Waals surface area (Å²) >= 11 is 5.73. The van der Waals surface area contributed by atoms with Crippen molar-refractivity contribution in [3.05, 3.63) is 34.6 Å². The molecule has 4 heteroatoms. The lowest BCUT2D eigenvalue weighted by molar-refractivity contribution is 0.120. The van der Waals surface area contributed by atoms with Crippen LogP contribution in [0.5, 0.6) is 0 Å². The molecule has 2 nitrogen and oxygen atoms in total. The molecule has 78 valence electrons. The Labute approximate surface area is 87.8 Å². The Morgan fingerprint density at radius 1 is 1.43 bits per heavy atom. The summed E-state index contributed by atoms with van der Waals surface area (Å²) in [7, 11) is 0. The Bertz CT molecular complexity index is 293. The van der Waals surface area contributed by atoms with Crippen LogP contribution >= 0.6 is 11.6 Å². The maximum Gasteiger partial charge on any atom is 0.142 e. The van der Waals surface area contributed by atoms with Gasteiger partial charge in [-0.1, -0.05) is 23.7 Å². The molecule has 0 radical (unpaired) electrons. The van der Waals surface area contributed by atoms with Gasteiger partial charge in [-0.15, -0.1) is 0 Å². The topological polar surface area (TPSA) is 35.2 Å². The minimum atomic E-state index is -0.411. The first-order chi connectivity index (χ1) is 6.75. The van der Waals surface area contributed by atoms with E-state index in [0.717, 1.165) is 6.42 Å². The lowest BCUT2D eigenvalue weighted by Crippen LogP contribution is -2.04. The van der Waals surface area contributed by atoms with Crippen LogP contribution in [0.25, 0.3) is 0 Å². The molecule has 0 fully saturated rings. The third-order valence-corrected chi connectivity index (χ3v) is 2.21. The normalized spacial score (nSPS) is 10.5. The van der Waals surface area contributed by atoms with Crippen LogP contribution in [0.2, 0.25) is 5.02 Å². The van der Waals surface area contributed by atoms with Gasteiger partial charge in [-0.25, -0.2) is 4.39 Å². The van der Waals surface area contributed by atoms with Crippen molar-refractivity contribution >= 4 is 11.6 Å². The fraction of sp³-hybridized carbons (Fsp3) is 0.400. The molecule has 0 amide bonds. The minimum Gasteiger partial charge on any atom is -0.377 e. The van der Waals surface area contributed by atoms with Crippen LogP contribution in [-0.2, 0) is 11.3 Å². The molecule has 2 N–H and O–H groups in total. The zero-order chi connectivity index (χ0) is 10.4. The molecule has 1 aromatic carbocycles. The molecule has 0 aromatic heterocycles. The zero-order valence-corrected chi connectivity index (χ0v) is 8.56. The molecule has 0 aliphatic rings. The van der Waals surface area contributed by atoms with Gasteiger partial charge >= 0.3 is 0 Å². The molecule has 0 aliphatic carbocycles. The van der Waals surface area contributed by atoms with Gasteiger partial charge in [0.2, 0.25) is 0 Å². The van der Waals surface area contributed by atoms with E-state index >= 15 is 0 Å². The highest BCUT2D eigenvalue weighted by molar-refractivity contribution is 6.31. The predicted molar refractivity (Wildman–Crippen MR) is 54.7 cm³/mol. The van der Waals surface area contributed by atoms with Crippen molar-refractivity contribution < 1.29 is 9.13 Å². The van der Waals surface area contributed by atoms with Crippen molar-refractivity contribution in [3.63, 3.8) is 0 Å². The zero-order valence-electron chi connectivity index (χ0n) is 7.80. The Kier molecular flexibility index (Phi) is 4.87. The lowest BCUT2D eigenvalue weighted by Gasteiger charge is -2.05. The maximum absolute atomic E-state index is 12.9. The third-order valence-electron chi connectivity index (χ3n) is 1.78. The first-order valence-corrected chi connectivity index (χ1v) is 4.84. The number of hydrogen-bond donors (Lipinski definition) is 1. The summed E-state index contributed by atoms with van der Waals surface area (Å²) in [6, 6.07) is 4.68. The maximum atomic E-state index is 12.9. The van der Waals surface area contributed by atoms with Crippen molar-refractivity contribution in [3.8, 4) is 0 Å². The molecule has 0 heterocycles. The van der Waals surface area contributed by atoms with Gasteiger partial charge in [-0.3, -0.25) is 0 Å². The second-order valence-electron chi connectivity index (χ2n) is 2.91. The van der Waals surface area contributed by atoms with E-state index in [1.54, 1.807) is 12.1 Å². The van der Waals surface area contributed by atoms with Crippen molar-refractivity contribution in [2.24, 2.45) is 5.73 Å². The first-order valence-electron chi connectivity index (χ1n) is 4.46. The number of halogens is 2. The van der Waals surface area contributed by atoms with E-state index in [2.05, 4.69) is 0 Å². The van der Waals surface area contributed by atoms with Crippen molar-refractivity contribution in [1.29, 1.82) is 0 Å². The van der Waals surface area contributed by atoms with Crippen LogP contribution in [0.1, 0.15) is 12.0 Å². The van der Waals surface area contributed by atoms with E-state index < -0.39 is 5.82 Å². The molecule has 1 rings (SSSR count). The fourth-order valence-electron chi connectivity index (χ4n) is 1.03. The molecular weight excluding hydrogens is 205 g/mol. The quantitative estimate of drug-likeness (QED) is 0.769. The SMILES string of the molecule is NCCCOCc1cccc(F)c1Cl. The van der Waals surface area contributed by atoms with Crippen LogP contribution in [0.3, 0.4) is 0 Å². The monoisotopic (exact) mass is 217 g/mol. The molecule has 0 aliphatic heterocycles. The van der Waals surface area contributed by atoms with Crippen molar-refractivity contribution in [2.45, 2.75) is 13.0 Å². The number of nitrogens with two attached hydrogens (primary N) is 1. The molecule has 0 bridgehead atoms. The number of hydrogen-bond acceptors (Lipinski definition) is 2. The number of rotatable bonds is 5. The summed E-state index contributed by atoms with van der Waals surface area (Å²) in [5.41, 5.74) is 5.97. The van der Waals surface area contributed by atoms with Crippen LogP contribution in [0.15, 0.2) is 18.2 Å². The van der Waals surface area contributed by atoms with Gasteiger partial charge in [0.05, 0.1) is 11.6 Å². The Hall–Kier alpha value is -0.640. The van der Waals surface area contributed by atoms with Crippen molar-refractivity contribution in [2.75, 3.05) is 13.2 Å². The Balaban J connectivity index is 2.46. The summed E-state index contributed by atoms with van der Waals surface area (Å²) in [5.74, 6) is -0.411. The minimum absolute atomic E-state index is 0.139. The van der Waals surface area contributed by atoms with E-state index in [1.165, 1.54) is 6.07 Å². The van der Waals surface area contributed by atoms with Crippen LogP contribution in [-0.4, -0.2) is 13.2 Å². The van der Waals surface area contributed by atoms with E-state index in [9.17, 15) is 4.39 Å². The van der Waals surface area contributed by atoms with Gasteiger partial charge in [0.1, 0.15) is 5.82 Å². The fourth-order valence-corrected chi connectivity index (χ4v) is 1.21. The highest BCUT2D eigenvalue weighted by Gasteiger charge is 2.04. The predicted octanol–water partition coefficient (Wildman–Crippen LogP) is 2.34. The molecule has 0 saturated heterocycles. The third kappa shape index (κ3) is 3.25. The molecule has 0 atom stereocenters. The summed E-state index contributed by atoms with van der Waals surface area (Å²) in [6.07, 6.45) is 0.799. The summed E-state index contributed by atoms with van der Waals surface area (Å²) in [5, 5.41) is 0.139. The van der Waals surface area contributed by atoms with Crippen molar-refractivity contribution in [1.82, 2.24) is 0 Å². The van der Waals surface area contributed by atoms with Crippen LogP contribution in [0, 0.1) is 5.82 Å². The molecule has 0 spiro atoms. The molecule has 14 heavy (non-hydrogen) atoms. The first kappa shape index (κ1) is 11.4. The average molecular weight is 218 g/mol. The Morgan fingerprint density at radius 2 is 2.21 bits per heavy atom. The molecule has 0 saturated carbocycles. The molecule has 0 unspecified atom stereocenters. The second-order valence-corrected chi connectivity index (χ2v) is 3.29. The van der Waals surface area contributed by atoms with E-state index in [1.807, 2.05) is 0 Å². The highest BCUT2D eigenvalue weighted by Crippen LogP contribution is 2.20. The largest absolute Gasteiger partial charge is 0.377 e. The summed E-state index contributed by atoms with van der Waals surface area (Å²) in [4.78, 5) is 0. The van der Waals surface area contributed by atoms with Crippen LogP contribution in [0.4, 0.5) is 4.39 Å². The van der Waals surface area contributed by atoms with Gasteiger partial charge in [0.15, 0.2) is 0 Å². The molecule has 1 aromatic rings. The van der Waals surface area contributed by atoms with E-state index in [4.69, 9.17) is 22.1 Å². The molecular formula is C10H13ClFNO. The van der Waals surface area contributed by atoms with E-state index in [0.29, 0.717) is 25.3 Å². The lowest BCUT2D eigenvalue weighted by atomic mass is 10.2. The summed E-state index contributed by atoms with van der Waals surface area (Å²) < 4.78 is 18.2. The van der Waals surface area contributed by atoms with Gasteiger partial charge in [0.25, 0.3) is 0 Å². The summed E-state index contributed by atoms with van der Waals surface area (Å²) in [6.45, 7) is 1.50. The van der Waals surface area contributed by atoms with Gasteiger partial charge < -0.3 is 10.5 Å². The van der Waals surface area contributed by atoms with E-state index in [-0.39, 0.29) is 5.02 Å². The highest BCUT2D eigenvalue weighted by atomic mass is 35.5. The van der Waals surface area contributed by atoms with Gasteiger partial charge in [-0.05, 0) is 24.6 Å².